The van der Waals surface area contributed by atoms with Gasteiger partial charge in [0.05, 0.1) is 0 Å². The number of nitrogens with zero attached hydrogens (tertiary/aromatic N) is 4. The summed E-state index contributed by atoms with van der Waals surface area (Å²) in [4.78, 5) is 23.6. The average molecular weight is 248 g/mol. The van der Waals surface area contributed by atoms with Crippen molar-refractivity contribution in [2.24, 2.45) is 7.05 Å². The Labute approximate surface area is 103 Å². The van der Waals surface area contributed by atoms with Crippen molar-refractivity contribution in [2.45, 2.75) is 11.6 Å². The molecule has 0 aliphatic heterocycles. The fourth-order valence-corrected chi connectivity index (χ4v) is 2.05. The van der Waals surface area contributed by atoms with Crippen molar-refractivity contribution in [3.05, 3.63) is 46.4 Å². The van der Waals surface area contributed by atoms with Crippen LogP contribution in [-0.2, 0) is 13.5 Å². The van der Waals surface area contributed by atoms with Crippen LogP contribution in [0.25, 0.3) is 0 Å². The molecule has 0 spiro atoms. The van der Waals surface area contributed by atoms with E-state index in [0.717, 1.165) is 5.56 Å². The zero-order chi connectivity index (χ0) is 12.3. The molecular weight excluding hydrogens is 236 g/mol. The molecule has 5 nitrogen and oxygen atoms in total. The normalized spacial score (nSPS) is 10.5. The zero-order valence-electron chi connectivity index (χ0n) is 9.62. The highest BCUT2D eigenvalue weighted by Gasteiger charge is 2.06. The monoisotopic (exact) mass is 248 g/mol. The summed E-state index contributed by atoms with van der Waals surface area (Å²) in [5, 5.41) is 0.711. The van der Waals surface area contributed by atoms with Crippen LogP contribution < -0.4 is 5.56 Å². The van der Waals surface area contributed by atoms with E-state index in [2.05, 4.69) is 15.0 Å². The quantitative estimate of drug-likeness (QED) is 0.596. The van der Waals surface area contributed by atoms with Crippen LogP contribution in [0.2, 0.25) is 0 Å². The van der Waals surface area contributed by atoms with E-state index in [0.29, 0.717) is 17.1 Å². The van der Waals surface area contributed by atoms with Crippen molar-refractivity contribution in [1.29, 1.82) is 0 Å². The summed E-state index contributed by atoms with van der Waals surface area (Å²) in [6.07, 6.45) is 9.09. The summed E-state index contributed by atoms with van der Waals surface area (Å²) in [5.41, 5.74) is 1.37. The second-order valence-corrected chi connectivity index (χ2v) is 4.37. The molecule has 2 rings (SSSR count). The van der Waals surface area contributed by atoms with Gasteiger partial charge in [0.25, 0.3) is 5.56 Å². The zero-order valence-corrected chi connectivity index (χ0v) is 10.4. The van der Waals surface area contributed by atoms with Crippen LogP contribution >= 0.6 is 11.8 Å². The van der Waals surface area contributed by atoms with E-state index < -0.39 is 0 Å². The first-order valence-electron chi connectivity index (χ1n) is 5.05. The number of hydrogen-bond acceptors (Lipinski definition) is 5. The Kier molecular flexibility index (Phi) is 3.53. The second-order valence-electron chi connectivity index (χ2n) is 3.59. The van der Waals surface area contributed by atoms with Crippen molar-refractivity contribution in [1.82, 2.24) is 19.5 Å². The van der Waals surface area contributed by atoms with Crippen molar-refractivity contribution in [2.75, 3.05) is 6.26 Å². The maximum atomic E-state index is 11.8. The minimum absolute atomic E-state index is 0.184. The molecule has 2 heterocycles. The molecule has 2 aromatic rings. The molecule has 0 bridgehead atoms. The lowest BCUT2D eigenvalue weighted by molar-refractivity contribution is 0.714. The molecule has 0 saturated heterocycles. The van der Waals surface area contributed by atoms with Gasteiger partial charge in [0, 0.05) is 37.6 Å². The molecule has 6 heteroatoms. The van der Waals surface area contributed by atoms with E-state index in [9.17, 15) is 4.79 Å². The molecule has 0 aliphatic rings. The predicted octanol–water partition coefficient (Wildman–Crippen LogP) is 0.883. The molecule has 0 aliphatic carbocycles. The molecule has 0 fully saturated rings. The Balaban J connectivity index is 2.34. The topological polar surface area (TPSA) is 60.7 Å². The molecule has 0 aromatic carbocycles. The summed E-state index contributed by atoms with van der Waals surface area (Å²) in [7, 11) is 1.88. The largest absolute Gasteiger partial charge is 0.330 e. The molecule has 0 N–H and O–H groups in total. The summed E-state index contributed by atoms with van der Waals surface area (Å²) >= 11 is 1.45. The fourth-order valence-electron chi connectivity index (χ4n) is 1.53. The molecule has 0 saturated carbocycles. The van der Waals surface area contributed by atoms with E-state index >= 15 is 0 Å². The molecular formula is C11H12N4OS. The third-order valence-electron chi connectivity index (χ3n) is 2.31. The highest BCUT2D eigenvalue weighted by molar-refractivity contribution is 7.98. The maximum Gasteiger partial charge on any atom is 0.277 e. The van der Waals surface area contributed by atoms with Gasteiger partial charge in [0.15, 0.2) is 5.16 Å². The van der Waals surface area contributed by atoms with Crippen LogP contribution in [0, 0.1) is 0 Å². The van der Waals surface area contributed by atoms with E-state index in [-0.39, 0.29) is 5.56 Å². The van der Waals surface area contributed by atoms with Crippen LogP contribution in [0.3, 0.4) is 0 Å². The summed E-state index contributed by atoms with van der Waals surface area (Å²) in [5.74, 6) is 0. The van der Waals surface area contributed by atoms with Gasteiger partial charge in [-0.05, 0) is 11.8 Å². The van der Waals surface area contributed by atoms with Crippen molar-refractivity contribution >= 4 is 11.8 Å². The second kappa shape index (κ2) is 5.09. The lowest BCUT2D eigenvalue weighted by atomic mass is 10.1. The molecule has 0 radical (unpaired) electrons. The van der Waals surface area contributed by atoms with E-state index in [1.807, 2.05) is 24.1 Å². The van der Waals surface area contributed by atoms with Gasteiger partial charge in [-0.25, -0.2) is 9.97 Å². The standard InChI is InChI=1S/C11H12N4OS/c1-15-6-9(10(16)14-11(15)17-2)3-8-4-12-7-13-5-8/h4-7H,3H2,1-2H3. The van der Waals surface area contributed by atoms with E-state index in [1.165, 1.54) is 18.1 Å². The summed E-state index contributed by atoms with van der Waals surface area (Å²) in [6, 6.07) is 0. The first-order valence-corrected chi connectivity index (χ1v) is 6.27. The van der Waals surface area contributed by atoms with Gasteiger partial charge < -0.3 is 4.57 Å². The summed E-state index contributed by atoms with van der Waals surface area (Å²) in [6.45, 7) is 0. The van der Waals surface area contributed by atoms with Crippen molar-refractivity contribution < 1.29 is 0 Å². The van der Waals surface area contributed by atoms with Crippen LogP contribution in [0.1, 0.15) is 11.1 Å². The highest BCUT2D eigenvalue weighted by atomic mass is 32.2. The third kappa shape index (κ3) is 2.71. The Morgan fingerprint density at radius 1 is 1.35 bits per heavy atom. The minimum Gasteiger partial charge on any atom is -0.330 e. The van der Waals surface area contributed by atoms with Gasteiger partial charge in [-0.1, -0.05) is 11.8 Å². The molecule has 0 atom stereocenters. The average Bonchev–Trinajstić information content (AvgIpc) is 2.34. The van der Waals surface area contributed by atoms with Gasteiger partial charge in [-0.15, -0.1) is 0 Å². The molecule has 0 amide bonds. The Morgan fingerprint density at radius 3 is 2.71 bits per heavy atom. The first kappa shape index (κ1) is 11.8. The van der Waals surface area contributed by atoms with Gasteiger partial charge in [0.2, 0.25) is 0 Å². The lowest BCUT2D eigenvalue weighted by Crippen LogP contribution is -2.18. The number of aryl methyl sites for hydroxylation is 1. The predicted molar refractivity (Wildman–Crippen MR) is 66.1 cm³/mol. The Morgan fingerprint density at radius 2 is 2.06 bits per heavy atom. The van der Waals surface area contributed by atoms with E-state index in [4.69, 9.17) is 0 Å². The molecule has 2 aromatic heterocycles. The van der Waals surface area contributed by atoms with Crippen molar-refractivity contribution in [3.63, 3.8) is 0 Å². The lowest BCUT2D eigenvalue weighted by Gasteiger charge is -2.06. The fraction of sp³-hybridized carbons (Fsp3) is 0.273. The van der Waals surface area contributed by atoms with E-state index in [1.54, 1.807) is 12.4 Å². The number of hydrogen-bond donors (Lipinski definition) is 0. The van der Waals surface area contributed by atoms with Gasteiger partial charge in [-0.2, -0.15) is 4.98 Å². The Bertz CT molecular complexity index is 567. The maximum absolute atomic E-state index is 11.8. The first-order chi connectivity index (χ1) is 8.20. The minimum atomic E-state index is -0.184. The molecule has 17 heavy (non-hydrogen) atoms. The van der Waals surface area contributed by atoms with Crippen LogP contribution in [-0.4, -0.2) is 25.8 Å². The highest BCUT2D eigenvalue weighted by Crippen LogP contribution is 2.09. The molecule has 88 valence electrons. The smallest absolute Gasteiger partial charge is 0.277 e. The van der Waals surface area contributed by atoms with Crippen LogP contribution in [0.5, 0.6) is 0 Å². The summed E-state index contributed by atoms with van der Waals surface area (Å²) < 4.78 is 1.85. The van der Waals surface area contributed by atoms with Crippen LogP contribution in [0.4, 0.5) is 0 Å². The van der Waals surface area contributed by atoms with Gasteiger partial charge in [0.1, 0.15) is 6.33 Å². The molecule has 0 unspecified atom stereocenters. The van der Waals surface area contributed by atoms with Gasteiger partial charge >= 0.3 is 0 Å². The van der Waals surface area contributed by atoms with Gasteiger partial charge in [-0.3, -0.25) is 4.79 Å². The number of aromatic nitrogens is 4. The SMILES string of the molecule is CSc1nc(=O)c(Cc2cncnc2)cn1C. The number of rotatable bonds is 3. The van der Waals surface area contributed by atoms with Crippen molar-refractivity contribution in [3.8, 4) is 0 Å². The number of thioether (sulfide) groups is 1. The third-order valence-corrected chi connectivity index (χ3v) is 3.06. The Hall–Kier alpha value is -1.69. The van der Waals surface area contributed by atoms with Crippen LogP contribution in [0.15, 0.2) is 34.9 Å².